The van der Waals surface area contributed by atoms with E-state index in [1.54, 1.807) is 0 Å². The third-order valence-corrected chi connectivity index (χ3v) is 6.33. The Hall–Kier alpha value is -3.45. The lowest BCUT2D eigenvalue weighted by atomic mass is 10.1. The fourth-order valence-electron chi connectivity index (χ4n) is 3.50. The number of carbonyl (C=O) groups excluding carboxylic acids is 1. The van der Waals surface area contributed by atoms with Crippen LogP contribution in [0.5, 0.6) is 0 Å². The summed E-state index contributed by atoms with van der Waals surface area (Å²) in [6.07, 6.45) is 1.75. The van der Waals surface area contributed by atoms with Gasteiger partial charge in [0.2, 0.25) is 5.91 Å². The van der Waals surface area contributed by atoms with Crippen LogP contribution in [0, 0.1) is 6.92 Å². The molecule has 0 bridgehead atoms. The summed E-state index contributed by atoms with van der Waals surface area (Å²) in [6.45, 7) is 2.78. The molecule has 0 aliphatic heterocycles. The summed E-state index contributed by atoms with van der Waals surface area (Å²) in [4.78, 5) is 32.7. The predicted octanol–water partition coefficient (Wildman–Crippen LogP) is 4.21. The van der Waals surface area contributed by atoms with Gasteiger partial charge in [-0.1, -0.05) is 42.0 Å². The number of thiophene rings is 1. The van der Waals surface area contributed by atoms with Crippen molar-refractivity contribution in [2.24, 2.45) is 0 Å². The van der Waals surface area contributed by atoms with Gasteiger partial charge in [0, 0.05) is 50.2 Å². The monoisotopic (exact) mass is 446 g/mol. The summed E-state index contributed by atoms with van der Waals surface area (Å²) in [7, 11) is 3.98. The molecule has 4 rings (SSSR count). The topological polar surface area (TPSA) is 67.2 Å². The first-order chi connectivity index (χ1) is 15.4. The standard InChI is InChI=1S/C25H26N4O2S/c1-17-4-8-19(9-5-17)21-15-32-24-23(21)25(31)29(16-27-24)13-12-22(30)26-14-18-6-10-20(11-7-18)28(2)3/h4-11,15-16H,12-14H2,1-3H3,(H,26,30). The lowest BCUT2D eigenvalue weighted by molar-refractivity contribution is -0.121. The Morgan fingerprint density at radius 3 is 2.50 bits per heavy atom. The van der Waals surface area contributed by atoms with Crippen molar-refractivity contribution >= 4 is 33.1 Å². The van der Waals surface area contributed by atoms with E-state index in [4.69, 9.17) is 0 Å². The Kier molecular flexibility index (Phi) is 6.37. The van der Waals surface area contributed by atoms with Gasteiger partial charge in [-0.2, -0.15) is 0 Å². The molecule has 0 spiro atoms. The zero-order chi connectivity index (χ0) is 22.7. The number of carbonyl (C=O) groups is 1. The molecule has 164 valence electrons. The molecule has 4 aromatic rings. The molecule has 1 N–H and O–H groups in total. The van der Waals surface area contributed by atoms with Crippen LogP contribution in [0.25, 0.3) is 21.3 Å². The number of nitrogens with one attached hydrogen (secondary N) is 1. The zero-order valence-electron chi connectivity index (χ0n) is 18.5. The van der Waals surface area contributed by atoms with Crippen LogP contribution in [-0.4, -0.2) is 29.6 Å². The van der Waals surface area contributed by atoms with Crippen LogP contribution in [0.1, 0.15) is 17.5 Å². The van der Waals surface area contributed by atoms with Gasteiger partial charge >= 0.3 is 0 Å². The lowest BCUT2D eigenvalue weighted by Crippen LogP contribution is -2.27. The van der Waals surface area contributed by atoms with Crippen LogP contribution in [0.15, 0.2) is 65.0 Å². The van der Waals surface area contributed by atoms with Gasteiger partial charge in [-0.15, -0.1) is 11.3 Å². The molecule has 0 radical (unpaired) electrons. The highest BCUT2D eigenvalue weighted by molar-refractivity contribution is 7.17. The molecule has 2 aromatic carbocycles. The van der Waals surface area contributed by atoms with Crippen molar-refractivity contribution in [3.8, 4) is 11.1 Å². The molecule has 2 aromatic heterocycles. The van der Waals surface area contributed by atoms with Crippen molar-refractivity contribution in [1.82, 2.24) is 14.9 Å². The first kappa shape index (κ1) is 21.8. The van der Waals surface area contributed by atoms with E-state index in [1.807, 2.05) is 79.8 Å². The summed E-state index contributed by atoms with van der Waals surface area (Å²) < 4.78 is 1.53. The van der Waals surface area contributed by atoms with Gasteiger partial charge in [-0.25, -0.2) is 4.98 Å². The van der Waals surface area contributed by atoms with Crippen LogP contribution >= 0.6 is 11.3 Å². The van der Waals surface area contributed by atoms with Gasteiger partial charge in [0.1, 0.15) is 4.83 Å². The minimum absolute atomic E-state index is 0.0993. The lowest BCUT2D eigenvalue weighted by Gasteiger charge is -2.13. The summed E-state index contributed by atoms with van der Waals surface area (Å²) in [5.41, 5.74) is 5.09. The molecule has 1 amide bonds. The van der Waals surface area contributed by atoms with Gasteiger partial charge in [-0.05, 0) is 30.2 Å². The van der Waals surface area contributed by atoms with E-state index < -0.39 is 0 Å². The molecule has 7 heteroatoms. The Balaban J connectivity index is 1.43. The van der Waals surface area contributed by atoms with Gasteiger partial charge in [0.15, 0.2) is 0 Å². The molecule has 0 aliphatic carbocycles. The van der Waals surface area contributed by atoms with E-state index in [0.717, 1.165) is 22.4 Å². The molecule has 2 heterocycles. The Morgan fingerprint density at radius 1 is 1.09 bits per heavy atom. The average molecular weight is 447 g/mol. The molecular formula is C25H26N4O2S. The highest BCUT2D eigenvalue weighted by Crippen LogP contribution is 2.30. The van der Waals surface area contributed by atoms with E-state index in [1.165, 1.54) is 27.8 Å². The maximum atomic E-state index is 13.1. The average Bonchev–Trinajstić information content (AvgIpc) is 3.23. The number of anilines is 1. The first-order valence-corrected chi connectivity index (χ1v) is 11.4. The normalized spacial score (nSPS) is 11.0. The summed E-state index contributed by atoms with van der Waals surface area (Å²) >= 11 is 1.46. The van der Waals surface area contributed by atoms with Crippen molar-refractivity contribution < 1.29 is 4.79 Å². The minimum atomic E-state index is -0.112. The molecule has 0 atom stereocenters. The van der Waals surface area contributed by atoms with Gasteiger partial charge in [-0.3, -0.25) is 14.2 Å². The van der Waals surface area contributed by atoms with E-state index >= 15 is 0 Å². The summed E-state index contributed by atoms with van der Waals surface area (Å²) in [5, 5.41) is 5.51. The number of aryl methyl sites for hydroxylation is 2. The third kappa shape index (κ3) is 4.73. The van der Waals surface area contributed by atoms with Crippen LogP contribution in [-0.2, 0) is 17.9 Å². The smallest absolute Gasteiger partial charge is 0.262 e. The number of nitrogens with zero attached hydrogens (tertiary/aromatic N) is 3. The van der Waals surface area contributed by atoms with Crippen LogP contribution in [0.3, 0.4) is 0 Å². The van der Waals surface area contributed by atoms with Gasteiger partial charge in [0.05, 0.1) is 11.7 Å². The molecular weight excluding hydrogens is 420 g/mol. The Labute approximate surface area is 191 Å². The van der Waals surface area contributed by atoms with Crippen molar-refractivity contribution in [1.29, 1.82) is 0 Å². The summed E-state index contributed by atoms with van der Waals surface area (Å²) in [6, 6.07) is 16.2. The SMILES string of the molecule is Cc1ccc(-c2csc3ncn(CCC(=O)NCc4ccc(N(C)C)cc4)c(=O)c23)cc1. The van der Waals surface area contributed by atoms with E-state index in [9.17, 15) is 9.59 Å². The Bertz CT molecular complexity index is 1290. The molecule has 6 nitrogen and oxygen atoms in total. The zero-order valence-corrected chi connectivity index (χ0v) is 19.3. The number of hydrogen-bond acceptors (Lipinski definition) is 5. The first-order valence-electron chi connectivity index (χ1n) is 10.5. The van der Waals surface area contributed by atoms with E-state index in [2.05, 4.69) is 10.3 Å². The molecule has 32 heavy (non-hydrogen) atoms. The van der Waals surface area contributed by atoms with Crippen LogP contribution in [0.2, 0.25) is 0 Å². The molecule has 0 fully saturated rings. The molecule has 0 saturated heterocycles. The maximum absolute atomic E-state index is 13.1. The largest absolute Gasteiger partial charge is 0.378 e. The number of aromatic nitrogens is 2. The number of hydrogen-bond donors (Lipinski definition) is 1. The van der Waals surface area contributed by atoms with Crippen molar-refractivity contribution in [3.05, 3.63) is 81.7 Å². The number of fused-ring (bicyclic) bond motifs is 1. The highest BCUT2D eigenvalue weighted by Gasteiger charge is 2.14. The quantitative estimate of drug-likeness (QED) is 0.462. The Morgan fingerprint density at radius 2 is 1.81 bits per heavy atom. The van der Waals surface area contributed by atoms with Crippen molar-refractivity contribution in [2.45, 2.75) is 26.4 Å². The van der Waals surface area contributed by atoms with Gasteiger partial charge < -0.3 is 10.2 Å². The number of rotatable bonds is 7. The van der Waals surface area contributed by atoms with Crippen molar-refractivity contribution in [3.63, 3.8) is 0 Å². The van der Waals surface area contributed by atoms with Crippen LogP contribution in [0.4, 0.5) is 5.69 Å². The minimum Gasteiger partial charge on any atom is -0.378 e. The fourth-order valence-corrected chi connectivity index (χ4v) is 4.40. The van der Waals surface area contributed by atoms with E-state index in [0.29, 0.717) is 16.8 Å². The van der Waals surface area contributed by atoms with E-state index in [-0.39, 0.29) is 24.4 Å². The molecule has 0 unspecified atom stereocenters. The fraction of sp³-hybridized carbons (Fsp3) is 0.240. The third-order valence-electron chi connectivity index (χ3n) is 5.45. The van der Waals surface area contributed by atoms with Crippen molar-refractivity contribution in [2.75, 3.05) is 19.0 Å². The maximum Gasteiger partial charge on any atom is 0.262 e. The number of amides is 1. The predicted molar refractivity (Wildman–Crippen MR) is 131 cm³/mol. The second kappa shape index (κ2) is 9.36. The molecule has 0 saturated carbocycles. The van der Waals surface area contributed by atoms with Crippen LogP contribution < -0.4 is 15.8 Å². The number of benzene rings is 2. The second-order valence-corrected chi connectivity index (χ2v) is 8.88. The van der Waals surface area contributed by atoms with Gasteiger partial charge in [0.25, 0.3) is 5.56 Å². The molecule has 0 aliphatic rings. The highest BCUT2D eigenvalue weighted by atomic mass is 32.1. The summed E-state index contributed by atoms with van der Waals surface area (Å²) in [5.74, 6) is -0.0993. The second-order valence-electron chi connectivity index (χ2n) is 8.03.